The van der Waals surface area contributed by atoms with Crippen molar-refractivity contribution in [2.24, 2.45) is 0 Å². The summed E-state index contributed by atoms with van der Waals surface area (Å²) in [5.74, 6) is 2.86. The van der Waals surface area contributed by atoms with Crippen molar-refractivity contribution >= 4 is 21.6 Å². The zero-order valence-corrected chi connectivity index (χ0v) is 20.5. The first kappa shape index (κ1) is 22.4. The van der Waals surface area contributed by atoms with Crippen LogP contribution < -0.4 is 29.6 Å². The largest absolute Gasteiger partial charge is 0.504 e. The van der Waals surface area contributed by atoms with Gasteiger partial charge in [0.25, 0.3) is 0 Å². The van der Waals surface area contributed by atoms with Crippen LogP contribution in [-0.2, 0) is 0 Å². The fraction of sp³-hybridized carbons (Fsp3) is 0.231. The molecule has 2 atom stereocenters. The van der Waals surface area contributed by atoms with Gasteiger partial charge in [0.1, 0.15) is 11.8 Å². The molecule has 3 aromatic rings. The third-order valence-electron chi connectivity index (χ3n) is 5.96. The van der Waals surface area contributed by atoms with Gasteiger partial charge in [-0.05, 0) is 71.4 Å². The molecule has 0 radical (unpaired) electrons. The van der Waals surface area contributed by atoms with Crippen LogP contribution in [0.2, 0.25) is 0 Å². The van der Waals surface area contributed by atoms with Crippen LogP contribution in [0.15, 0.2) is 65.1 Å². The molecule has 0 amide bonds. The highest BCUT2D eigenvalue weighted by atomic mass is 79.9. The SMILES string of the molecule is CCOc1cccc(C2C=C(c3ccc4c(c3)OCO4)NC(c3ccc(OC)c(Br)c3)[NH2+]2)c1O. The van der Waals surface area contributed by atoms with Crippen molar-refractivity contribution in [2.75, 3.05) is 20.5 Å². The lowest BCUT2D eigenvalue weighted by Gasteiger charge is -2.30. The second-order valence-corrected chi connectivity index (χ2v) is 8.86. The second-order valence-electron chi connectivity index (χ2n) is 8.01. The number of aromatic hydroxyl groups is 1. The summed E-state index contributed by atoms with van der Waals surface area (Å²) in [6.07, 6.45) is 1.99. The Hall–Kier alpha value is -3.36. The normalized spacial score (nSPS) is 18.7. The number of phenolic OH excluding ortho intramolecular Hbond substituents is 1. The maximum absolute atomic E-state index is 11.0. The zero-order valence-electron chi connectivity index (χ0n) is 18.9. The van der Waals surface area contributed by atoms with Gasteiger partial charge in [0, 0.05) is 22.9 Å². The molecule has 0 saturated heterocycles. The van der Waals surface area contributed by atoms with Crippen molar-refractivity contribution in [1.82, 2.24) is 5.32 Å². The van der Waals surface area contributed by atoms with Crippen LogP contribution >= 0.6 is 15.9 Å². The predicted molar refractivity (Wildman–Crippen MR) is 131 cm³/mol. The number of quaternary nitrogens is 1. The molecule has 0 saturated carbocycles. The molecule has 2 unspecified atom stereocenters. The molecule has 3 aromatic carbocycles. The molecule has 0 bridgehead atoms. The van der Waals surface area contributed by atoms with Gasteiger partial charge >= 0.3 is 0 Å². The Bertz CT molecular complexity index is 1250. The van der Waals surface area contributed by atoms with Crippen LogP contribution in [-0.4, -0.2) is 25.6 Å². The molecule has 5 rings (SSSR count). The number of nitrogens with one attached hydrogen (secondary N) is 1. The lowest BCUT2D eigenvalue weighted by molar-refractivity contribution is -0.731. The van der Waals surface area contributed by atoms with Crippen LogP contribution in [0.1, 0.15) is 35.8 Å². The van der Waals surface area contributed by atoms with Gasteiger partial charge in [-0.15, -0.1) is 0 Å². The number of rotatable bonds is 6. The van der Waals surface area contributed by atoms with E-state index >= 15 is 0 Å². The van der Waals surface area contributed by atoms with Gasteiger partial charge in [-0.3, -0.25) is 0 Å². The van der Waals surface area contributed by atoms with Crippen LogP contribution in [0, 0.1) is 0 Å². The van der Waals surface area contributed by atoms with Crippen LogP contribution in [0.5, 0.6) is 28.7 Å². The minimum Gasteiger partial charge on any atom is -0.504 e. The molecule has 0 spiro atoms. The molecule has 0 aliphatic carbocycles. The van der Waals surface area contributed by atoms with Gasteiger partial charge in [-0.1, -0.05) is 6.07 Å². The lowest BCUT2D eigenvalue weighted by atomic mass is 9.97. The molecule has 34 heavy (non-hydrogen) atoms. The first-order chi connectivity index (χ1) is 16.6. The first-order valence-electron chi connectivity index (χ1n) is 11.1. The fourth-order valence-corrected chi connectivity index (χ4v) is 4.85. The summed E-state index contributed by atoms with van der Waals surface area (Å²) in [5.41, 5.74) is 3.75. The number of benzene rings is 3. The predicted octanol–water partition coefficient (Wildman–Crippen LogP) is 4.24. The summed E-state index contributed by atoms with van der Waals surface area (Å²) in [5, 5.41) is 16.8. The third kappa shape index (κ3) is 4.26. The molecule has 176 valence electrons. The summed E-state index contributed by atoms with van der Waals surface area (Å²) in [7, 11) is 1.65. The number of halogens is 1. The molecular formula is C26H26BrN2O5+. The Balaban J connectivity index is 1.56. The van der Waals surface area contributed by atoms with E-state index in [1.807, 2.05) is 55.5 Å². The van der Waals surface area contributed by atoms with E-state index < -0.39 is 0 Å². The van der Waals surface area contributed by atoms with Crippen molar-refractivity contribution in [3.63, 3.8) is 0 Å². The van der Waals surface area contributed by atoms with E-state index in [4.69, 9.17) is 18.9 Å². The lowest BCUT2D eigenvalue weighted by Crippen LogP contribution is -2.89. The van der Waals surface area contributed by atoms with Gasteiger partial charge in [0.2, 0.25) is 6.79 Å². The summed E-state index contributed by atoms with van der Waals surface area (Å²) in [6, 6.07) is 17.4. The average Bonchev–Trinajstić information content (AvgIpc) is 3.33. The van der Waals surface area contributed by atoms with Gasteiger partial charge < -0.3 is 34.7 Å². The first-order valence-corrected chi connectivity index (χ1v) is 11.9. The average molecular weight is 526 g/mol. The maximum Gasteiger partial charge on any atom is 0.231 e. The summed E-state index contributed by atoms with van der Waals surface area (Å²) in [6.45, 7) is 2.61. The van der Waals surface area contributed by atoms with E-state index in [0.29, 0.717) is 12.4 Å². The van der Waals surface area contributed by atoms with Crippen LogP contribution in [0.4, 0.5) is 0 Å². The van der Waals surface area contributed by atoms with Gasteiger partial charge in [-0.25, -0.2) is 0 Å². The number of ether oxygens (including phenoxy) is 4. The Morgan fingerprint density at radius 1 is 1.09 bits per heavy atom. The van der Waals surface area contributed by atoms with Crippen molar-refractivity contribution in [3.05, 3.63) is 81.8 Å². The topological polar surface area (TPSA) is 85.8 Å². The van der Waals surface area contributed by atoms with Crippen LogP contribution in [0.3, 0.4) is 0 Å². The minimum atomic E-state index is -0.159. The summed E-state index contributed by atoms with van der Waals surface area (Å²) >= 11 is 3.60. The van der Waals surface area contributed by atoms with Crippen molar-refractivity contribution in [3.8, 4) is 28.7 Å². The molecule has 2 aliphatic heterocycles. The van der Waals surface area contributed by atoms with Gasteiger partial charge in [0.15, 0.2) is 29.2 Å². The number of nitrogens with two attached hydrogens (primary N) is 1. The van der Waals surface area contributed by atoms with Crippen molar-refractivity contribution < 1.29 is 29.4 Å². The van der Waals surface area contributed by atoms with E-state index in [9.17, 15) is 5.11 Å². The molecule has 8 heteroatoms. The Kier molecular flexibility index (Phi) is 6.26. The molecule has 4 N–H and O–H groups in total. The number of fused-ring (bicyclic) bond motifs is 1. The van der Waals surface area contributed by atoms with E-state index in [2.05, 4.69) is 32.6 Å². The highest BCUT2D eigenvalue weighted by Gasteiger charge is 2.31. The maximum atomic E-state index is 11.0. The van der Waals surface area contributed by atoms with E-state index in [-0.39, 0.29) is 24.8 Å². The zero-order chi connectivity index (χ0) is 23.7. The van der Waals surface area contributed by atoms with E-state index in [0.717, 1.165) is 44.1 Å². The molecule has 0 fully saturated rings. The molecule has 0 aromatic heterocycles. The molecule has 2 aliphatic rings. The van der Waals surface area contributed by atoms with Crippen molar-refractivity contribution in [2.45, 2.75) is 19.1 Å². The van der Waals surface area contributed by atoms with Crippen molar-refractivity contribution in [1.29, 1.82) is 0 Å². The standard InChI is InChI=1S/C26H25BrN2O5/c1-3-32-23-6-4-5-17(25(23)30)20-13-19(15-7-10-22-24(12-15)34-14-33-22)28-26(29-20)16-8-9-21(31-2)18(27)11-16/h4-13,20,26,28-30H,3,14H2,1-2H3/p+1. The number of hydrogen-bond donors (Lipinski definition) is 3. The molecule has 7 nitrogen and oxygen atoms in total. The highest BCUT2D eigenvalue weighted by molar-refractivity contribution is 9.10. The highest BCUT2D eigenvalue weighted by Crippen LogP contribution is 2.38. The second kappa shape index (κ2) is 9.48. The quantitative estimate of drug-likeness (QED) is 0.446. The van der Waals surface area contributed by atoms with E-state index in [1.54, 1.807) is 13.2 Å². The Labute approximate surface area is 206 Å². The Morgan fingerprint density at radius 3 is 2.74 bits per heavy atom. The smallest absolute Gasteiger partial charge is 0.231 e. The summed E-state index contributed by atoms with van der Waals surface area (Å²) in [4.78, 5) is 0. The van der Waals surface area contributed by atoms with Gasteiger partial charge in [-0.2, -0.15) is 0 Å². The number of para-hydroxylation sites is 1. The Morgan fingerprint density at radius 2 is 1.94 bits per heavy atom. The minimum absolute atomic E-state index is 0.118. The molecular weight excluding hydrogens is 500 g/mol. The number of methoxy groups -OCH3 is 1. The van der Waals surface area contributed by atoms with Gasteiger partial charge in [0.05, 0.1) is 23.8 Å². The third-order valence-corrected chi connectivity index (χ3v) is 6.58. The number of hydrogen-bond acceptors (Lipinski definition) is 6. The van der Waals surface area contributed by atoms with E-state index in [1.165, 1.54) is 0 Å². The monoisotopic (exact) mass is 525 g/mol. The summed E-state index contributed by atoms with van der Waals surface area (Å²) < 4.78 is 23.0. The fourth-order valence-electron chi connectivity index (χ4n) is 4.29. The molecule has 2 heterocycles. The number of phenols is 1. The van der Waals surface area contributed by atoms with Crippen LogP contribution in [0.25, 0.3) is 5.70 Å².